The predicted molar refractivity (Wildman–Crippen MR) is 133 cm³/mol. The van der Waals surface area contributed by atoms with E-state index in [0.29, 0.717) is 11.7 Å². The van der Waals surface area contributed by atoms with E-state index in [1.54, 1.807) is 12.5 Å². The molecule has 2 unspecified atom stereocenters. The van der Waals surface area contributed by atoms with Crippen molar-refractivity contribution in [3.8, 4) is 11.3 Å². The smallest absolute Gasteiger partial charge is 0.299 e. The summed E-state index contributed by atoms with van der Waals surface area (Å²) in [5, 5.41) is 5.76. The number of H-pyrrole nitrogens is 1. The molecule has 5 aromatic rings. The van der Waals surface area contributed by atoms with E-state index in [9.17, 15) is 0 Å². The summed E-state index contributed by atoms with van der Waals surface area (Å²) < 4.78 is 8.08. The number of anilines is 1. The Labute approximate surface area is 198 Å². The minimum atomic E-state index is 0.0290. The highest BCUT2D eigenvalue weighted by Crippen LogP contribution is 2.44. The molecule has 1 fully saturated rings. The van der Waals surface area contributed by atoms with Gasteiger partial charge in [0.2, 0.25) is 5.65 Å². The second-order valence-electron chi connectivity index (χ2n) is 8.74. The summed E-state index contributed by atoms with van der Waals surface area (Å²) in [5.41, 5.74) is 4.14. The molecule has 0 amide bonds. The van der Waals surface area contributed by atoms with Crippen molar-refractivity contribution in [3.05, 3.63) is 49.3 Å². The molecule has 0 radical (unpaired) electrons. The zero-order chi connectivity index (χ0) is 23.7. The lowest BCUT2D eigenvalue weighted by atomic mass is 9.80. The molecule has 34 heavy (non-hydrogen) atoms. The first-order chi connectivity index (χ1) is 16.6. The van der Waals surface area contributed by atoms with Crippen LogP contribution in [-0.4, -0.2) is 47.8 Å². The molecule has 1 saturated heterocycles. The van der Waals surface area contributed by atoms with Gasteiger partial charge >= 0.3 is 0 Å². The van der Waals surface area contributed by atoms with Crippen LogP contribution < -0.4 is 4.90 Å². The summed E-state index contributed by atoms with van der Waals surface area (Å²) in [7, 11) is 0. The maximum atomic E-state index is 5.97. The third-order valence-electron chi connectivity index (χ3n) is 6.67. The molecule has 1 N–H and O–H groups in total. The van der Waals surface area contributed by atoms with E-state index in [2.05, 4.69) is 54.5 Å². The van der Waals surface area contributed by atoms with Crippen LogP contribution in [0, 0.1) is 5.41 Å². The van der Waals surface area contributed by atoms with E-state index in [1.165, 1.54) is 0 Å². The summed E-state index contributed by atoms with van der Waals surface area (Å²) >= 11 is 0. The molecule has 0 saturated carbocycles. The number of hydrogen-bond acceptors (Lipinski definition) is 7. The third-order valence-corrected chi connectivity index (χ3v) is 6.67. The van der Waals surface area contributed by atoms with Crippen LogP contribution in [0.5, 0.6) is 0 Å². The zero-order valence-corrected chi connectivity index (χ0v) is 20.1. The number of nitrogens with zero attached hydrogens (tertiary/aromatic N) is 7. The average molecular weight is 459 g/mol. The Morgan fingerprint density at radius 1 is 1.21 bits per heavy atom. The molecule has 0 spiro atoms. The molecular formula is C25H30N8O. The highest BCUT2D eigenvalue weighted by atomic mass is 16.4. The van der Waals surface area contributed by atoms with Gasteiger partial charge in [-0.05, 0) is 31.0 Å². The number of aromatic amines is 1. The number of nitrogens with one attached hydrogen (secondary N) is 1. The van der Waals surface area contributed by atoms with Crippen molar-refractivity contribution < 1.29 is 4.42 Å². The van der Waals surface area contributed by atoms with Gasteiger partial charge in [-0.1, -0.05) is 27.7 Å². The van der Waals surface area contributed by atoms with E-state index in [4.69, 9.17) is 9.52 Å². The molecule has 1 aliphatic heterocycles. The first-order valence-corrected chi connectivity index (χ1v) is 11.9. The molecule has 6 rings (SSSR count). The molecule has 0 aromatic carbocycles. The van der Waals surface area contributed by atoms with Crippen LogP contribution in [-0.2, 0) is 0 Å². The van der Waals surface area contributed by atoms with Crippen LogP contribution in [0.25, 0.3) is 33.5 Å². The number of rotatable bonds is 5. The summed E-state index contributed by atoms with van der Waals surface area (Å²) in [6, 6.07) is 6.67. The van der Waals surface area contributed by atoms with Crippen molar-refractivity contribution in [1.82, 2.24) is 34.7 Å². The Morgan fingerprint density at radius 2 is 2.09 bits per heavy atom. The molecule has 5 aromatic heterocycles. The Kier molecular flexibility index (Phi) is 5.77. The van der Waals surface area contributed by atoms with Gasteiger partial charge in [0.25, 0.3) is 6.01 Å². The fourth-order valence-corrected chi connectivity index (χ4v) is 5.05. The van der Waals surface area contributed by atoms with Crippen LogP contribution in [0.3, 0.4) is 0 Å². The number of fused-ring (bicyclic) bond motifs is 2. The largest absolute Gasteiger partial charge is 0.422 e. The van der Waals surface area contributed by atoms with E-state index in [0.717, 1.165) is 53.8 Å². The number of pyridine rings is 1. The van der Waals surface area contributed by atoms with Gasteiger partial charge in [0.15, 0.2) is 5.58 Å². The van der Waals surface area contributed by atoms with Gasteiger partial charge < -0.3 is 14.3 Å². The maximum Gasteiger partial charge on any atom is 0.299 e. The normalized spacial score (nSPS) is 18.9. The van der Waals surface area contributed by atoms with Crippen LogP contribution >= 0.6 is 0 Å². The molecule has 176 valence electrons. The summed E-state index contributed by atoms with van der Waals surface area (Å²) in [5.74, 6) is 0. The summed E-state index contributed by atoms with van der Waals surface area (Å²) in [6.07, 6.45) is 11.2. The fraction of sp³-hybridized carbons (Fsp3) is 0.400. The lowest BCUT2D eigenvalue weighted by Gasteiger charge is -2.33. The second kappa shape index (κ2) is 8.89. The van der Waals surface area contributed by atoms with E-state index >= 15 is 0 Å². The Balaban J connectivity index is 0.00000117. The average Bonchev–Trinajstić information content (AvgIpc) is 3.66. The van der Waals surface area contributed by atoms with Gasteiger partial charge in [0.1, 0.15) is 12.0 Å². The maximum absolute atomic E-state index is 5.97. The van der Waals surface area contributed by atoms with Gasteiger partial charge in [-0.3, -0.25) is 4.68 Å². The summed E-state index contributed by atoms with van der Waals surface area (Å²) in [6.45, 7) is 10.3. The summed E-state index contributed by atoms with van der Waals surface area (Å²) in [4.78, 5) is 23.1. The first kappa shape index (κ1) is 22.1. The number of oxazole rings is 1. The third kappa shape index (κ3) is 3.70. The van der Waals surface area contributed by atoms with Crippen molar-refractivity contribution in [2.45, 2.75) is 46.6 Å². The Hall–Kier alpha value is -3.75. The standard InChI is InChI=1S/C23H24N8O.C2H6/c1-3-18(31-12-15(11-28-31)19-16-6-9-25-20(16)27-14-26-19)23(2)7-10-30(13-23)22-29-21-17(32-22)5-4-8-24-21;1-2/h4-6,8-9,11-12,14,18H,3,7,10,13H2,1-2H3,(H,25,26,27);1-2H3. The van der Waals surface area contributed by atoms with Gasteiger partial charge in [0.05, 0.1) is 17.9 Å². The van der Waals surface area contributed by atoms with Crippen molar-refractivity contribution in [1.29, 1.82) is 0 Å². The Morgan fingerprint density at radius 3 is 2.91 bits per heavy atom. The van der Waals surface area contributed by atoms with E-state index < -0.39 is 0 Å². The highest BCUT2D eigenvalue weighted by molar-refractivity contribution is 5.90. The molecule has 6 heterocycles. The minimum absolute atomic E-state index is 0.0290. The fourth-order valence-electron chi connectivity index (χ4n) is 5.05. The van der Waals surface area contributed by atoms with Crippen molar-refractivity contribution in [2.75, 3.05) is 18.0 Å². The lowest BCUT2D eigenvalue weighted by molar-refractivity contribution is 0.195. The molecular weight excluding hydrogens is 428 g/mol. The quantitative estimate of drug-likeness (QED) is 0.384. The van der Waals surface area contributed by atoms with Crippen LogP contribution in [0.15, 0.2) is 53.7 Å². The highest BCUT2D eigenvalue weighted by Gasteiger charge is 2.42. The molecule has 0 aliphatic carbocycles. The van der Waals surface area contributed by atoms with Crippen molar-refractivity contribution in [3.63, 3.8) is 0 Å². The SMILES string of the molecule is CC.CCC(n1cc(-c2ncnc3[nH]ccc23)cn1)C1(C)CCN(c2nc3ncccc3o2)C1. The molecule has 9 nitrogen and oxygen atoms in total. The number of hydrogen-bond donors (Lipinski definition) is 1. The van der Waals surface area contributed by atoms with Crippen LogP contribution in [0.4, 0.5) is 6.01 Å². The zero-order valence-electron chi connectivity index (χ0n) is 20.1. The van der Waals surface area contributed by atoms with Gasteiger partial charge in [-0.15, -0.1) is 0 Å². The van der Waals surface area contributed by atoms with Crippen molar-refractivity contribution in [2.24, 2.45) is 5.41 Å². The van der Waals surface area contributed by atoms with Crippen LogP contribution in [0.2, 0.25) is 0 Å². The molecule has 1 aliphatic rings. The Bertz CT molecular complexity index is 1370. The minimum Gasteiger partial charge on any atom is -0.422 e. The van der Waals surface area contributed by atoms with Gasteiger partial charge in [0, 0.05) is 48.0 Å². The number of aromatic nitrogens is 7. The van der Waals surface area contributed by atoms with Gasteiger partial charge in [-0.25, -0.2) is 15.0 Å². The lowest BCUT2D eigenvalue weighted by Crippen LogP contribution is -2.33. The van der Waals surface area contributed by atoms with Crippen LogP contribution in [0.1, 0.15) is 46.6 Å². The van der Waals surface area contributed by atoms with E-state index in [1.807, 2.05) is 44.4 Å². The topological polar surface area (TPSA) is 102 Å². The van der Waals surface area contributed by atoms with Crippen molar-refractivity contribution >= 4 is 28.3 Å². The molecule has 9 heteroatoms. The van der Waals surface area contributed by atoms with E-state index in [-0.39, 0.29) is 11.5 Å². The monoisotopic (exact) mass is 458 g/mol. The predicted octanol–water partition coefficient (Wildman–Crippen LogP) is 5.25. The first-order valence-electron chi connectivity index (χ1n) is 11.9. The van der Waals surface area contributed by atoms with Gasteiger partial charge in [-0.2, -0.15) is 10.1 Å². The molecule has 0 bridgehead atoms. The second-order valence-corrected chi connectivity index (χ2v) is 8.74. The molecule has 2 atom stereocenters.